The number of nitrogens with zero attached hydrogens (tertiary/aromatic N) is 6. The third kappa shape index (κ3) is 3.47. The first-order valence-corrected chi connectivity index (χ1v) is 10.9. The van der Waals surface area contributed by atoms with E-state index in [1.165, 1.54) is 35.5 Å². The van der Waals surface area contributed by atoms with Crippen molar-refractivity contribution in [3.63, 3.8) is 0 Å². The second-order valence-corrected chi connectivity index (χ2v) is 9.27. The van der Waals surface area contributed by atoms with E-state index in [4.69, 9.17) is 11.6 Å². The molecule has 1 amide bonds. The van der Waals surface area contributed by atoms with Crippen LogP contribution in [0.3, 0.4) is 0 Å². The van der Waals surface area contributed by atoms with Crippen molar-refractivity contribution in [2.45, 2.75) is 24.7 Å². The molecule has 0 saturated heterocycles. The summed E-state index contributed by atoms with van der Waals surface area (Å²) in [5.74, 6) is -1.28. The van der Waals surface area contributed by atoms with Crippen molar-refractivity contribution in [3.05, 3.63) is 46.5 Å². The van der Waals surface area contributed by atoms with Crippen LogP contribution in [0, 0.1) is 0 Å². The Morgan fingerprint density at radius 3 is 2.58 bits per heavy atom. The highest BCUT2D eigenvalue weighted by molar-refractivity contribution is 7.91. The largest absolute Gasteiger partial charge is 0.417 e. The Hall–Kier alpha value is -2.93. The van der Waals surface area contributed by atoms with E-state index in [9.17, 15) is 26.4 Å². The number of hydrogen-bond donors (Lipinski definition) is 0. The average Bonchev–Trinajstić information content (AvgIpc) is 3.36. The highest BCUT2D eigenvalue weighted by Crippen LogP contribution is 2.36. The van der Waals surface area contributed by atoms with Gasteiger partial charge in [-0.3, -0.25) is 14.7 Å². The molecule has 1 aliphatic heterocycles. The molecular weight excluding hydrogens is 461 g/mol. The van der Waals surface area contributed by atoms with Crippen LogP contribution in [0.1, 0.15) is 28.5 Å². The highest BCUT2D eigenvalue weighted by atomic mass is 35.5. The zero-order valence-corrected chi connectivity index (χ0v) is 17.6. The topological polar surface area (TPSA) is 103 Å². The van der Waals surface area contributed by atoms with E-state index < -0.39 is 27.5 Å². The normalized spacial score (nSPS) is 14.4. The maximum atomic E-state index is 13.0. The second kappa shape index (κ2) is 7.05. The summed E-state index contributed by atoms with van der Waals surface area (Å²) in [6, 6.07) is 2.17. The van der Waals surface area contributed by atoms with Gasteiger partial charge in [-0.15, -0.1) is 0 Å². The lowest BCUT2D eigenvalue weighted by atomic mass is 10.1. The third-order valence-corrected chi connectivity index (χ3v) is 6.78. The molecule has 3 aromatic rings. The number of carbonyl (C=O) groups excluding carboxylic acids is 1. The van der Waals surface area contributed by atoms with Gasteiger partial charge >= 0.3 is 6.18 Å². The van der Waals surface area contributed by atoms with Crippen molar-refractivity contribution >= 4 is 33.2 Å². The minimum absolute atomic E-state index is 0.0571. The molecule has 31 heavy (non-hydrogen) atoms. The lowest BCUT2D eigenvalue weighted by Crippen LogP contribution is -2.26. The quantitative estimate of drug-likeness (QED) is 0.576. The van der Waals surface area contributed by atoms with Gasteiger partial charge in [-0.05, 0) is 12.1 Å². The summed E-state index contributed by atoms with van der Waals surface area (Å²) in [5.41, 5.74) is -1.24. The van der Waals surface area contributed by atoms with Crippen molar-refractivity contribution in [1.29, 1.82) is 0 Å². The number of amides is 1. The fraction of sp³-hybridized carbons (Fsp3) is 0.294. The van der Waals surface area contributed by atoms with E-state index in [2.05, 4.69) is 15.1 Å². The predicted octanol–water partition coefficient (Wildman–Crippen LogP) is 2.63. The molecule has 0 radical (unpaired) electrons. The molecule has 0 aromatic carbocycles. The van der Waals surface area contributed by atoms with Gasteiger partial charge in [0.2, 0.25) is 5.95 Å². The van der Waals surface area contributed by atoms with Gasteiger partial charge in [0.1, 0.15) is 0 Å². The molecule has 4 rings (SSSR count). The number of imidazole rings is 1. The summed E-state index contributed by atoms with van der Waals surface area (Å²) in [5, 5.41) is 3.86. The highest BCUT2D eigenvalue weighted by Gasteiger charge is 2.40. The van der Waals surface area contributed by atoms with E-state index >= 15 is 0 Å². The van der Waals surface area contributed by atoms with Crippen LogP contribution < -0.4 is 4.90 Å². The summed E-state index contributed by atoms with van der Waals surface area (Å²) in [6.07, 6.45) is -2.59. The van der Waals surface area contributed by atoms with Crippen molar-refractivity contribution in [3.8, 4) is 5.95 Å². The maximum absolute atomic E-state index is 13.0. The van der Waals surface area contributed by atoms with Crippen LogP contribution in [-0.2, 0) is 29.6 Å². The summed E-state index contributed by atoms with van der Waals surface area (Å²) >= 11 is 5.84. The van der Waals surface area contributed by atoms with E-state index in [1.54, 1.807) is 0 Å². The number of anilines is 1. The Morgan fingerprint density at radius 2 is 2.00 bits per heavy atom. The van der Waals surface area contributed by atoms with Crippen LogP contribution in [0.2, 0.25) is 5.15 Å². The first kappa shape index (κ1) is 21.3. The molecular formula is C17H14ClF3N6O3S. The monoisotopic (exact) mass is 474 g/mol. The number of pyridine rings is 1. The van der Waals surface area contributed by atoms with Crippen molar-refractivity contribution in [2.24, 2.45) is 7.05 Å². The number of hydrogen-bond acceptors (Lipinski definition) is 6. The van der Waals surface area contributed by atoms with Crippen LogP contribution in [0.5, 0.6) is 0 Å². The van der Waals surface area contributed by atoms with Crippen LogP contribution in [-0.4, -0.2) is 44.4 Å². The number of rotatable bonds is 4. The molecule has 0 spiro atoms. The Bertz CT molecular complexity index is 1320. The number of halogens is 4. The van der Waals surface area contributed by atoms with Crippen molar-refractivity contribution in [1.82, 2.24) is 24.3 Å². The first-order chi connectivity index (χ1) is 14.4. The van der Waals surface area contributed by atoms with Crippen LogP contribution >= 0.6 is 11.6 Å². The standard InChI is InChI=1S/C17H14ClF3N6O3S/c1-3-31(29,30)15-13(23-16(25(15)2)27-5-4-12(18)24-27)26-8-11-10(14(26)28)6-9(7-22-11)17(19,20)21/h4-7H,3,8H2,1-2H3. The molecule has 0 atom stereocenters. The van der Waals surface area contributed by atoms with Gasteiger partial charge in [-0.25, -0.2) is 13.1 Å². The zero-order valence-electron chi connectivity index (χ0n) is 16.1. The molecule has 4 heterocycles. The number of aromatic nitrogens is 5. The SMILES string of the molecule is CCS(=O)(=O)c1c(N2Cc3ncc(C(F)(F)F)cc3C2=O)nc(-n2ccc(Cl)n2)n1C. The molecule has 3 aromatic heterocycles. The zero-order chi connectivity index (χ0) is 22.7. The molecule has 164 valence electrons. The fourth-order valence-electron chi connectivity index (χ4n) is 3.23. The third-order valence-electron chi connectivity index (χ3n) is 4.77. The predicted molar refractivity (Wildman–Crippen MR) is 103 cm³/mol. The summed E-state index contributed by atoms with van der Waals surface area (Å²) in [6.45, 7) is 1.20. The van der Waals surface area contributed by atoms with Gasteiger partial charge in [0, 0.05) is 19.4 Å². The van der Waals surface area contributed by atoms with Crippen molar-refractivity contribution in [2.75, 3.05) is 10.7 Å². The number of alkyl halides is 3. The maximum Gasteiger partial charge on any atom is 0.417 e. The Morgan fingerprint density at radius 1 is 1.29 bits per heavy atom. The molecule has 9 nitrogen and oxygen atoms in total. The molecule has 0 saturated carbocycles. The van der Waals surface area contributed by atoms with Gasteiger partial charge < -0.3 is 4.57 Å². The van der Waals surface area contributed by atoms with E-state index in [1.807, 2.05) is 0 Å². The lowest BCUT2D eigenvalue weighted by Gasteiger charge is -2.14. The molecule has 0 N–H and O–H groups in total. The second-order valence-electron chi connectivity index (χ2n) is 6.69. The van der Waals surface area contributed by atoms with Gasteiger partial charge in [-0.2, -0.15) is 23.3 Å². The van der Waals surface area contributed by atoms with Gasteiger partial charge in [0.05, 0.1) is 29.1 Å². The van der Waals surface area contributed by atoms with Gasteiger partial charge in [0.25, 0.3) is 5.91 Å². The fourth-order valence-corrected chi connectivity index (χ4v) is 4.58. The molecule has 14 heteroatoms. The molecule has 1 aliphatic rings. The molecule has 0 bridgehead atoms. The van der Waals surface area contributed by atoms with Gasteiger partial charge in [0.15, 0.2) is 25.8 Å². The Balaban J connectivity index is 1.87. The van der Waals surface area contributed by atoms with E-state index in [-0.39, 0.29) is 45.5 Å². The number of sulfone groups is 1. The minimum atomic E-state index is -4.68. The van der Waals surface area contributed by atoms with E-state index in [0.717, 1.165) is 4.90 Å². The minimum Gasteiger partial charge on any atom is -0.301 e. The molecule has 0 fully saturated rings. The van der Waals surface area contributed by atoms with Crippen LogP contribution in [0.15, 0.2) is 29.6 Å². The lowest BCUT2D eigenvalue weighted by molar-refractivity contribution is -0.137. The first-order valence-electron chi connectivity index (χ1n) is 8.83. The summed E-state index contributed by atoms with van der Waals surface area (Å²) < 4.78 is 67.2. The Kier molecular flexibility index (Phi) is 4.85. The number of carbonyl (C=O) groups is 1. The van der Waals surface area contributed by atoms with E-state index in [0.29, 0.717) is 12.3 Å². The Labute approximate surface area is 179 Å². The van der Waals surface area contributed by atoms with Gasteiger partial charge in [-0.1, -0.05) is 18.5 Å². The summed E-state index contributed by atoms with van der Waals surface area (Å²) in [4.78, 5) is 22.0. The van der Waals surface area contributed by atoms with Crippen LogP contribution in [0.4, 0.5) is 19.0 Å². The molecule has 0 unspecified atom stereocenters. The average molecular weight is 475 g/mol. The summed E-state index contributed by atoms with van der Waals surface area (Å²) in [7, 11) is -2.46. The molecule has 0 aliphatic carbocycles. The van der Waals surface area contributed by atoms with Crippen LogP contribution in [0.25, 0.3) is 5.95 Å². The number of fused-ring (bicyclic) bond motifs is 1. The van der Waals surface area contributed by atoms with Crippen molar-refractivity contribution < 1.29 is 26.4 Å². The smallest absolute Gasteiger partial charge is 0.301 e.